The average Bonchev–Trinajstić information content (AvgIpc) is 3.25. The van der Waals surface area contributed by atoms with Crippen molar-refractivity contribution in [3.8, 4) is 0 Å². The summed E-state index contributed by atoms with van der Waals surface area (Å²) < 4.78 is 58.3. The van der Waals surface area contributed by atoms with E-state index in [0.717, 1.165) is 43.8 Å². The highest BCUT2D eigenvalue weighted by molar-refractivity contribution is 7.89. The van der Waals surface area contributed by atoms with E-state index in [4.69, 9.17) is 4.42 Å². The second-order valence-corrected chi connectivity index (χ2v) is 8.92. The molecule has 1 aromatic carbocycles. The van der Waals surface area contributed by atoms with Crippen molar-refractivity contribution in [2.75, 3.05) is 26.2 Å². The molecule has 0 bridgehead atoms. The molecule has 1 unspecified atom stereocenters. The summed E-state index contributed by atoms with van der Waals surface area (Å²) in [5.41, 5.74) is 0. The molecule has 0 saturated carbocycles. The highest BCUT2D eigenvalue weighted by Crippen LogP contribution is 2.24. The van der Waals surface area contributed by atoms with Crippen molar-refractivity contribution < 1.29 is 26.4 Å². The van der Waals surface area contributed by atoms with Gasteiger partial charge >= 0.3 is 0 Å². The molecule has 30 heavy (non-hydrogen) atoms. The number of benzene rings is 1. The zero-order chi connectivity index (χ0) is 21.6. The Morgan fingerprint density at radius 1 is 1.13 bits per heavy atom. The van der Waals surface area contributed by atoms with Crippen molar-refractivity contribution in [1.29, 1.82) is 0 Å². The molecule has 10 heteroatoms. The average molecular weight is 442 g/mol. The van der Waals surface area contributed by atoms with E-state index >= 15 is 0 Å². The first-order valence-electron chi connectivity index (χ1n) is 9.86. The van der Waals surface area contributed by atoms with Gasteiger partial charge in [-0.15, -0.1) is 0 Å². The molecule has 7 nitrogen and oxygen atoms in total. The lowest BCUT2D eigenvalue weighted by Gasteiger charge is -2.33. The molecule has 1 aliphatic rings. The van der Waals surface area contributed by atoms with E-state index in [9.17, 15) is 22.0 Å². The van der Waals surface area contributed by atoms with Gasteiger partial charge in [0, 0.05) is 19.5 Å². The van der Waals surface area contributed by atoms with Crippen LogP contribution in [-0.2, 0) is 14.8 Å². The van der Waals surface area contributed by atoms with Gasteiger partial charge in [0.2, 0.25) is 15.9 Å². The minimum absolute atomic E-state index is 0.0804. The monoisotopic (exact) mass is 441 g/mol. The van der Waals surface area contributed by atoms with Gasteiger partial charge in [-0.2, -0.15) is 0 Å². The summed E-state index contributed by atoms with van der Waals surface area (Å²) in [5, 5.41) is 2.83. The zero-order valence-electron chi connectivity index (χ0n) is 16.4. The maximum absolute atomic E-state index is 13.3. The lowest BCUT2D eigenvalue weighted by molar-refractivity contribution is -0.121. The number of amides is 1. The van der Waals surface area contributed by atoms with Gasteiger partial charge in [0.15, 0.2) is 11.6 Å². The Kier molecular flexibility index (Phi) is 7.57. The molecular weight excluding hydrogens is 416 g/mol. The summed E-state index contributed by atoms with van der Waals surface area (Å²) in [6.07, 6.45) is 4.88. The number of furan rings is 1. The Balaban J connectivity index is 1.50. The lowest BCUT2D eigenvalue weighted by Crippen LogP contribution is -2.41. The summed E-state index contributed by atoms with van der Waals surface area (Å²) in [6, 6.07) is 5.91. The molecule has 164 valence electrons. The van der Waals surface area contributed by atoms with Gasteiger partial charge in [0.1, 0.15) is 5.76 Å². The van der Waals surface area contributed by atoms with E-state index in [0.29, 0.717) is 12.6 Å². The van der Waals surface area contributed by atoms with Crippen LogP contribution in [0.3, 0.4) is 0 Å². The number of hydrogen-bond donors (Lipinski definition) is 2. The van der Waals surface area contributed by atoms with Gasteiger partial charge in [-0.05, 0) is 56.3 Å². The van der Waals surface area contributed by atoms with E-state index < -0.39 is 26.6 Å². The number of nitrogens with one attached hydrogen (secondary N) is 2. The third kappa shape index (κ3) is 5.87. The number of carbonyl (C=O) groups is 1. The smallest absolute Gasteiger partial charge is 0.240 e. The van der Waals surface area contributed by atoms with Crippen molar-refractivity contribution in [3.63, 3.8) is 0 Å². The van der Waals surface area contributed by atoms with Crippen LogP contribution in [0.15, 0.2) is 45.9 Å². The predicted molar refractivity (Wildman–Crippen MR) is 106 cm³/mol. The SMILES string of the molecule is O=C(CCNS(=O)(=O)c1ccc(F)c(F)c1)NCC(c1ccco1)N1CCCCC1. The van der Waals surface area contributed by atoms with Gasteiger partial charge in [-0.1, -0.05) is 6.42 Å². The van der Waals surface area contributed by atoms with Crippen molar-refractivity contribution in [3.05, 3.63) is 54.0 Å². The first-order valence-corrected chi connectivity index (χ1v) is 11.3. The van der Waals surface area contributed by atoms with Crippen LogP contribution in [0.1, 0.15) is 37.5 Å². The Labute approximate surface area is 174 Å². The molecule has 1 amide bonds. The maximum Gasteiger partial charge on any atom is 0.240 e. The van der Waals surface area contributed by atoms with Gasteiger partial charge in [0.25, 0.3) is 0 Å². The van der Waals surface area contributed by atoms with Crippen LogP contribution in [0.2, 0.25) is 0 Å². The fourth-order valence-electron chi connectivity index (χ4n) is 3.45. The van der Waals surface area contributed by atoms with Gasteiger partial charge < -0.3 is 9.73 Å². The van der Waals surface area contributed by atoms with Crippen LogP contribution >= 0.6 is 0 Å². The fourth-order valence-corrected chi connectivity index (χ4v) is 4.49. The van der Waals surface area contributed by atoms with Crippen LogP contribution in [-0.4, -0.2) is 45.4 Å². The second-order valence-electron chi connectivity index (χ2n) is 7.16. The zero-order valence-corrected chi connectivity index (χ0v) is 17.3. The Morgan fingerprint density at radius 3 is 2.57 bits per heavy atom. The number of piperidine rings is 1. The minimum atomic E-state index is -4.04. The normalized spacial score (nSPS) is 16.3. The van der Waals surface area contributed by atoms with E-state index in [1.165, 1.54) is 6.42 Å². The standard InChI is InChI=1S/C20H25F2N3O4S/c21-16-7-6-15(13-17(16)22)30(27,28)24-9-8-20(26)23-14-18(19-5-4-12-29-19)25-10-2-1-3-11-25/h4-7,12-13,18,24H,1-3,8-11,14H2,(H,23,26). The van der Waals surface area contributed by atoms with Crippen LogP contribution in [0, 0.1) is 11.6 Å². The van der Waals surface area contributed by atoms with E-state index in [1.807, 2.05) is 6.07 Å². The Morgan fingerprint density at radius 2 is 1.90 bits per heavy atom. The minimum Gasteiger partial charge on any atom is -0.468 e. The number of rotatable bonds is 9. The summed E-state index contributed by atoms with van der Waals surface area (Å²) in [7, 11) is -4.04. The molecule has 3 rings (SSSR count). The summed E-state index contributed by atoms with van der Waals surface area (Å²) >= 11 is 0. The summed E-state index contributed by atoms with van der Waals surface area (Å²) in [5.74, 6) is -1.93. The van der Waals surface area contributed by atoms with Crippen molar-refractivity contribution in [2.45, 2.75) is 36.6 Å². The third-order valence-corrected chi connectivity index (χ3v) is 6.50. The first kappa shape index (κ1) is 22.4. The van der Waals surface area contributed by atoms with Crippen molar-refractivity contribution in [1.82, 2.24) is 14.9 Å². The fraction of sp³-hybridized carbons (Fsp3) is 0.450. The maximum atomic E-state index is 13.3. The molecule has 1 aliphatic heterocycles. The molecular formula is C20H25F2N3O4S. The van der Waals surface area contributed by atoms with Crippen LogP contribution < -0.4 is 10.0 Å². The second kappa shape index (κ2) is 10.1. The van der Waals surface area contributed by atoms with Gasteiger partial charge in [-0.25, -0.2) is 21.9 Å². The number of carbonyl (C=O) groups excluding carboxylic acids is 1. The van der Waals surface area contributed by atoms with E-state index in [1.54, 1.807) is 12.3 Å². The number of sulfonamides is 1. The highest BCUT2D eigenvalue weighted by atomic mass is 32.2. The molecule has 2 aromatic rings. The summed E-state index contributed by atoms with van der Waals surface area (Å²) in [4.78, 5) is 14.1. The number of halogens is 2. The van der Waals surface area contributed by atoms with E-state index in [2.05, 4.69) is 14.9 Å². The third-order valence-electron chi connectivity index (χ3n) is 5.04. The van der Waals surface area contributed by atoms with Gasteiger partial charge in [0.05, 0.1) is 17.2 Å². The quantitative estimate of drug-likeness (QED) is 0.624. The molecule has 2 N–H and O–H groups in total. The Bertz CT molecular complexity index is 945. The van der Waals surface area contributed by atoms with Crippen LogP contribution in [0.25, 0.3) is 0 Å². The largest absolute Gasteiger partial charge is 0.468 e. The molecule has 1 saturated heterocycles. The summed E-state index contributed by atoms with van der Waals surface area (Å²) in [6.45, 7) is 2.04. The molecule has 2 heterocycles. The number of likely N-dealkylation sites (tertiary alicyclic amines) is 1. The molecule has 1 fully saturated rings. The predicted octanol–water partition coefficient (Wildman–Crippen LogP) is 2.57. The van der Waals surface area contributed by atoms with Gasteiger partial charge in [-0.3, -0.25) is 9.69 Å². The molecule has 1 aromatic heterocycles. The van der Waals surface area contributed by atoms with Crippen molar-refractivity contribution >= 4 is 15.9 Å². The van der Waals surface area contributed by atoms with Crippen molar-refractivity contribution in [2.24, 2.45) is 0 Å². The number of hydrogen-bond acceptors (Lipinski definition) is 5. The first-order chi connectivity index (χ1) is 14.4. The van der Waals surface area contributed by atoms with E-state index in [-0.39, 0.29) is 24.9 Å². The molecule has 0 spiro atoms. The highest BCUT2D eigenvalue weighted by Gasteiger charge is 2.25. The van der Waals surface area contributed by atoms with Crippen LogP contribution in [0.4, 0.5) is 8.78 Å². The van der Waals surface area contributed by atoms with Crippen LogP contribution in [0.5, 0.6) is 0 Å². The molecule has 0 aliphatic carbocycles. The topological polar surface area (TPSA) is 91.6 Å². The number of nitrogens with zero attached hydrogens (tertiary/aromatic N) is 1. The Hall–Kier alpha value is -2.30. The molecule has 1 atom stereocenters. The lowest BCUT2D eigenvalue weighted by atomic mass is 10.1. The molecule has 0 radical (unpaired) electrons.